The molecule has 7 nitrogen and oxygen atoms in total. The lowest BCUT2D eigenvalue weighted by atomic mass is 10.1. The molecule has 2 aromatic carbocycles. The molecule has 0 spiro atoms. The first-order valence-electron chi connectivity index (χ1n) is 6.45. The van der Waals surface area contributed by atoms with Crippen LogP contribution < -0.4 is 10.2 Å². The van der Waals surface area contributed by atoms with Gasteiger partial charge in [0.05, 0.1) is 21.9 Å². The molecule has 0 unspecified atom stereocenters. The quantitative estimate of drug-likeness (QED) is 0.650. The van der Waals surface area contributed by atoms with Crippen LogP contribution in [0.5, 0.6) is 0 Å². The fraction of sp³-hybridized carbons (Fsp3) is 0.133. The van der Waals surface area contributed by atoms with Gasteiger partial charge in [0.2, 0.25) is 0 Å². The van der Waals surface area contributed by atoms with Crippen molar-refractivity contribution < 1.29 is 14.8 Å². The smallest absolute Gasteiger partial charge is 0.335 e. The number of nitrogens with zero attached hydrogens (tertiary/aromatic N) is 2. The molecule has 2 N–H and O–H groups in total. The maximum atomic E-state index is 11.1. The van der Waals surface area contributed by atoms with Gasteiger partial charge < -0.3 is 15.3 Å². The number of carboxylic acids is 1. The summed E-state index contributed by atoms with van der Waals surface area (Å²) < 4.78 is 0. The lowest BCUT2D eigenvalue weighted by Crippen LogP contribution is -2.11. The Labute approximate surface area is 127 Å². The zero-order valence-corrected chi connectivity index (χ0v) is 12.1. The van der Waals surface area contributed by atoms with E-state index in [1.165, 1.54) is 18.2 Å². The van der Waals surface area contributed by atoms with E-state index in [1.54, 1.807) is 12.1 Å². The van der Waals surface area contributed by atoms with Crippen molar-refractivity contribution in [3.8, 4) is 0 Å². The van der Waals surface area contributed by atoms with E-state index in [4.69, 9.17) is 5.11 Å². The number of nitro groups is 1. The van der Waals surface area contributed by atoms with Crippen molar-refractivity contribution in [3.05, 3.63) is 58.1 Å². The van der Waals surface area contributed by atoms with Crippen LogP contribution in [0.4, 0.5) is 22.7 Å². The second kappa shape index (κ2) is 6.13. The third kappa shape index (κ3) is 3.14. The summed E-state index contributed by atoms with van der Waals surface area (Å²) in [6.07, 6.45) is 0. The van der Waals surface area contributed by atoms with Crippen molar-refractivity contribution in [1.29, 1.82) is 0 Å². The highest BCUT2D eigenvalue weighted by atomic mass is 16.6. The molecule has 114 valence electrons. The number of carboxylic acid groups (broad SMARTS) is 1. The molecule has 2 rings (SSSR count). The molecule has 0 aromatic heterocycles. The van der Waals surface area contributed by atoms with Crippen molar-refractivity contribution in [2.24, 2.45) is 0 Å². The first-order valence-corrected chi connectivity index (χ1v) is 6.45. The topological polar surface area (TPSA) is 95.7 Å². The monoisotopic (exact) mass is 301 g/mol. The van der Waals surface area contributed by atoms with E-state index in [0.717, 1.165) is 5.69 Å². The zero-order chi connectivity index (χ0) is 16.3. The Kier molecular flexibility index (Phi) is 4.26. The molecule has 0 amide bonds. The SMILES string of the molecule is CN(C)c1ccccc1Nc1cc(C(=O)O)ccc1[N+](=O)[O-]. The van der Waals surface area contributed by atoms with Crippen LogP contribution in [0.25, 0.3) is 0 Å². The molecule has 0 aliphatic rings. The Hall–Kier alpha value is -3.09. The van der Waals surface area contributed by atoms with E-state index in [9.17, 15) is 14.9 Å². The molecule has 0 aliphatic heterocycles. The maximum absolute atomic E-state index is 11.1. The number of hydrogen-bond acceptors (Lipinski definition) is 5. The normalized spacial score (nSPS) is 10.1. The Morgan fingerprint density at radius 1 is 1.18 bits per heavy atom. The Morgan fingerprint density at radius 3 is 2.45 bits per heavy atom. The van der Waals surface area contributed by atoms with Gasteiger partial charge in [-0.05, 0) is 24.3 Å². The van der Waals surface area contributed by atoms with Crippen molar-refractivity contribution in [1.82, 2.24) is 0 Å². The minimum atomic E-state index is -1.14. The third-order valence-electron chi connectivity index (χ3n) is 3.10. The molecule has 0 radical (unpaired) electrons. The van der Waals surface area contributed by atoms with Crippen molar-refractivity contribution in [2.45, 2.75) is 0 Å². The van der Waals surface area contributed by atoms with Crippen LogP contribution in [0, 0.1) is 10.1 Å². The second-order valence-corrected chi connectivity index (χ2v) is 4.83. The summed E-state index contributed by atoms with van der Waals surface area (Å²) in [6.45, 7) is 0. The van der Waals surface area contributed by atoms with Crippen LogP contribution >= 0.6 is 0 Å². The van der Waals surface area contributed by atoms with Crippen LogP contribution in [0.1, 0.15) is 10.4 Å². The van der Waals surface area contributed by atoms with E-state index in [1.807, 2.05) is 31.1 Å². The summed E-state index contributed by atoms with van der Waals surface area (Å²) in [5, 5.41) is 23.1. The summed E-state index contributed by atoms with van der Waals surface area (Å²) >= 11 is 0. The molecule has 0 saturated heterocycles. The second-order valence-electron chi connectivity index (χ2n) is 4.83. The Balaban J connectivity index is 2.50. The largest absolute Gasteiger partial charge is 0.478 e. The summed E-state index contributed by atoms with van der Waals surface area (Å²) in [6, 6.07) is 10.9. The molecule has 22 heavy (non-hydrogen) atoms. The fourth-order valence-electron chi connectivity index (χ4n) is 2.04. The predicted octanol–water partition coefficient (Wildman–Crippen LogP) is 3.10. The lowest BCUT2D eigenvalue weighted by Gasteiger charge is -2.18. The number of benzene rings is 2. The highest BCUT2D eigenvalue weighted by Gasteiger charge is 2.17. The Morgan fingerprint density at radius 2 is 1.86 bits per heavy atom. The van der Waals surface area contributed by atoms with Crippen LogP contribution in [0.2, 0.25) is 0 Å². The van der Waals surface area contributed by atoms with Gasteiger partial charge in [-0.15, -0.1) is 0 Å². The standard InChI is InChI=1S/C15H15N3O4/c1-17(2)13-6-4-3-5-11(13)16-12-9-10(15(19)20)7-8-14(12)18(21)22/h3-9,16H,1-2H3,(H,19,20). The summed E-state index contributed by atoms with van der Waals surface area (Å²) in [5.74, 6) is -1.14. The van der Waals surface area contributed by atoms with Gasteiger partial charge in [0.15, 0.2) is 0 Å². The Bertz CT molecular complexity index is 728. The highest BCUT2D eigenvalue weighted by molar-refractivity contribution is 5.91. The molecule has 0 heterocycles. The molecular weight excluding hydrogens is 286 g/mol. The first-order chi connectivity index (χ1) is 10.4. The number of rotatable bonds is 5. The van der Waals surface area contributed by atoms with Crippen molar-refractivity contribution in [2.75, 3.05) is 24.3 Å². The molecular formula is C15H15N3O4. The van der Waals surface area contributed by atoms with Gasteiger partial charge in [0, 0.05) is 20.2 Å². The molecule has 0 bridgehead atoms. The maximum Gasteiger partial charge on any atom is 0.335 e. The van der Waals surface area contributed by atoms with Crippen molar-refractivity contribution >= 4 is 28.7 Å². The van der Waals surface area contributed by atoms with Crippen LogP contribution in [-0.4, -0.2) is 30.1 Å². The fourth-order valence-corrected chi connectivity index (χ4v) is 2.04. The van der Waals surface area contributed by atoms with Gasteiger partial charge in [0.1, 0.15) is 5.69 Å². The number of carbonyl (C=O) groups is 1. The molecule has 0 aliphatic carbocycles. The van der Waals surface area contributed by atoms with E-state index >= 15 is 0 Å². The first kappa shape index (κ1) is 15.3. The molecule has 7 heteroatoms. The van der Waals surface area contributed by atoms with E-state index < -0.39 is 10.9 Å². The lowest BCUT2D eigenvalue weighted by molar-refractivity contribution is -0.383. The molecule has 0 atom stereocenters. The number of anilines is 3. The predicted molar refractivity (Wildman–Crippen MR) is 84.1 cm³/mol. The van der Waals surface area contributed by atoms with E-state index in [-0.39, 0.29) is 16.9 Å². The molecule has 2 aromatic rings. The summed E-state index contributed by atoms with van der Waals surface area (Å²) in [5.41, 5.74) is 1.42. The van der Waals surface area contributed by atoms with Gasteiger partial charge in [-0.2, -0.15) is 0 Å². The van der Waals surface area contributed by atoms with Gasteiger partial charge in [-0.25, -0.2) is 4.79 Å². The van der Waals surface area contributed by atoms with Gasteiger partial charge in [-0.3, -0.25) is 10.1 Å². The summed E-state index contributed by atoms with van der Waals surface area (Å²) in [7, 11) is 3.70. The van der Waals surface area contributed by atoms with E-state index in [0.29, 0.717) is 5.69 Å². The van der Waals surface area contributed by atoms with Crippen LogP contribution in [-0.2, 0) is 0 Å². The average molecular weight is 301 g/mol. The summed E-state index contributed by atoms with van der Waals surface area (Å²) in [4.78, 5) is 23.5. The number of nitro benzene ring substituents is 1. The van der Waals surface area contributed by atoms with Crippen LogP contribution in [0.3, 0.4) is 0 Å². The average Bonchev–Trinajstić information content (AvgIpc) is 2.47. The third-order valence-corrected chi connectivity index (χ3v) is 3.10. The number of nitrogens with one attached hydrogen (secondary N) is 1. The molecule has 0 saturated carbocycles. The molecule has 0 fully saturated rings. The number of para-hydroxylation sites is 2. The minimum absolute atomic E-state index is 0.0181. The van der Waals surface area contributed by atoms with Gasteiger partial charge in [0.25, 0.3) is 5.69 Å². The van der Waals surface area contributed by atoms with Gasteiger partial charge >= 0.3 is 5.97 Å². The number of hydrogen-bond donors (Lipinski definition) is 2. The van der Waals surface area contributed by atoms with Crippen LogP contribution in [0.15, 0.2) is 42.5 Å². The number of aromatic carboxylic acids is 1. The highest BCUT2D eigenvalue weighted by Crippen LogP contribution is 2.32. The van der Waals surface area contributed by atoms with E-state index in [2.05, 4.69) is 5.32 Å². The van der Waals surface area contributed by atoms with Gasteiger partial charge in [-0.1, -0.05) is 12.1 Å². The van der Waals surface area contributed by atoms with Crippen molar-refractivity contribution in [3.63, 3.8) is 0 Å². The minimum Gasteiger partial charge on any atom is -0.478 e. The zero-order valence-electron chi connectivity index (χ0n) is 12.1.